The fourth-order valence-electron chi connectivity index (χ4n) is 2.05. The number of nitrogens with zero attached hydrogens (tertiary/aromatic N) is 1. The predicted molar refractivity (Wildman–Crippen MR) is 85.1 cm³/mol. The van der Waals surface area contributed by atoms with Crippen LogP contribution in [-0.4, -0.2) is 40.4 Å². The topological polar surface area (TPSA) is 86.7 Å². The highest BCUT2D eigenvalue weighted by Gasteiger charge is 2.42. The van der Waals surface area contributed by atoms with Gasteiger partial charge in [0.05, 0.1) is 13.0 Å². The van der Waals surface area contributed by atoms with Gasteiger partial charge in [-0.25, -0.2) is 4.79 Å². The molecular weight excluding hydrogens is 348 g/mol. The zero-order valence-electron chi connectivity index (χ0n) is 11.5. The molecule has 1 unspecified atom stereocenters. The van der Waals surface area contributed by atoms with Gasteiger partial charge in [-0.3, -0.25) is 9.59 Å². The molecule has 1 saturated heterocycles. The predicted octanol–water partition coefficient (Wildman–Crippen LogP) is 1.46. The van der Waals surface area contributed by atoms with Gasteiger partial charge in [-0.2, -0.15) is 11.3 Å². The van der Waals surface area contributed by atoms with Crippen LogP contribution in [0.3, 0.4) is 0 Å². The third kappa shape index (κ3) is 3.45. The Morgan fingerprint density at radius 2 is 2.23 bits per heavy atom. The van der Waals surface area contributed by atoms with Crippen LogP contribution >= 0.6 is 35.6 Å². The molecule has 2 heterocycles. The Kier molecular flexibility index (Phi) is 5.15. The Balaban J connectivity index is 1.94. The maximum atomic E-state index is 12.0. The van der Waals surface area contributed by atoms with Crippen LogP contribution in [0.2, 0.25) is 0 Å². The lowest BCUT2D eigenvalue weighted by Gasteiger charge is -2.38. The number of carboxylic acid groups (broad SMARTS) is 1. The first-order chi connectivity index (χ1) is 10.3. The van der Waals surface area contributed by atoms with Gasteiger partial charge < -0.3 is 15.3 Å². The number of rotatable bonds is 5. The fourth-order valence-corrected chi connectivity index (χ4v) is 3.37. The molecule has 0 spiro atoms. The average Bonchev–Trinajstić information content (AvgIpc) is 2.81. The van der Waals surface area contributed by atoms with Gasteiger partial charge in [0, 0.05) is 15.3 Å². The highest BCUT2D eigenvalue weighted by atomic mass is 35.5. The number of carboxylic acids is 1. The van der Waals surface area contributed by atoms with E-state index in [-0.39, 0.29) is 29.6 Å². The first kappa shape index (κ1) is 16.9. The number of thiol groups is 1. The van der Waals surface area contributed by atoms with Crippen LogP contribution in [0.5, 0.6) is 0 Å². The minimum absolute atomic E-state index is 0.0172. The summed E-state index contributed by atoms with van der Waals surface area (Å²) < 4.78 is 0. The summed E-state index contributed by atoms with van der Waals surface area (Å²) >= 11 is 11.4. The van der Waals surface area contributed by atoms with Crippen molar-refractivity contribution < 1.29 is 19.5 Å². The van der Waals surface area contributed by atoms with E-state index in [1.54, 1.807) is 0 Å². The summed E-state index contributed by atoms with van der Waals surface area (Å²) in [5.41, 5.74) is 0.532. The van der Waals surface area contributed by atoms with Crippen molar-refractivity contribution in [1.29, 1.82) is 0 Å². The van der Waals surface area contributed by atoms with E-state index in [9.17, 15) is 14.4 Å². The van der Waals surface area contributed by atoms with Crippen molar-refractivity contribution in [2.45, 2.75) is 24.3 Å². The molecule has 0 aromatic carbocycles. The number of aliphatic carboxylic acids is 1. The number of carbonyl (C=O) groups excluding carboxylic acids is 2. The smallest absolute Gasteiger partial charge is 0.353 e. The first-order valence-electron chi connectivity index (χ1n) is 6.25. The molecule has 0 radical (unpaired) electrons. The van der Waals surface area contributed by atoms with Gasteiger partial charge in [0.1, 0.15) is 11.7 Å². The summed E-state index contributed by atoms with van der Waals surface area (Å²) in [7, 11) is 0. The van der Waals surface area contributed by atoms with Crippen LogP contribution < -0.4 is 5.32 Å². The van der Waals surface area contributed by atoms with Crippen molar-refractivity contribution in [1.82, 2.24) is 10.2 Å². The number of nitrogens with one attached hydrogen (secondary N) is 1. The average molecular weight is 361 g/mol. The summed E-state index contributed by atoms with van der Waals surface area (Å²) in [6.07, 6.45) is 0.127. The van der Waals surface area contributed by atoms with Crippen molar-refractivity contribution in [3.8, 4) is 0 Å². The van der Waals surface area contributed by atoms with Crippen molar-refractivity contribution in [3.63, 3.8) is 0 Å². The first-order valence-corrected chi connectivity index (χ1v) is 8.02. The largest absolute Gasteiger partial charge is 0.477 e. The molecule has 1 aromatic heterocycles. The van der Waals surface area contributed by atoms with Gasteiger partial charge in [0.2, 0.25) is 5.91 Å². The highest BCUT2D eigenvalue weighted by molar-refractivity contribution is 7.80. The van der Waals surface area contributed by atoms with E-state index in [2.05, 4.69) is 17.9 Å². The summed E-state index contributed by atoms with van der Waals surface area (Å²) in [6.45, 7) is 1.49. The van der Waals surface area contributed by atoms with Crippen LogP contribution in [0.4, 0.5) is 0 Å². The minimum atomic E-state index is -1.27. The number of likely N-dealkylation sites (tertiary alicyclic amines) is 1. The molecule has 22 heavy (non-hydrogen) atoms. The maximum absolute atomic E-state index is 12.0. The second kappa shape index (κ2) is 6.72. The third-order valence-corrected chi connectivity index (χ3v) is 4.70. The van der Waals surface area contributed by atoms with Gasteiger partial charge in [-0.05, 0) is 17.9 Å². The number of amides is 2. The Morgan fingerprint density at radius 1 is 1.55 bits per heavy atom. The number of hydrogen-bond donors (Lipinski definition) is 3. The second-order valence-electron chi connectivity index (χ2n) is 4.72. The molecule has 9 heteroatoms. The molecule has 118 valence electrons. The summed E-state index contributed by atoms with van der Waals surface area (Å²) in [5.74, 6) is -2.07. The van der Waals surface area contributed by atoms with Gasteiger partial charge in [0.25, 0.3) is 5.91 Å². The molecule has 1 fully saturated rings. The van der Waals surface area contributed by atoms with E-state index in [0.717, 1.165) is 15.4 Å². The van der Waals surface area contributed by atoms with E-state index in [4.69, 9.17) is 16.7 Å². The molecule has 0 saturated carbocycles. The van der Waals surface area contributed by atoms with E-state index >= 15 is 0 Å². The van der Waals surface area contributed by atoms with Crippen LogP contribution in [0, 0.1) is 0 Å². The molecule has 1 aromatic rings. The second-order valence-corrected chi connectivity index (χ2v) is 6.51. The molecule has 0 aliphatic carbocycles. The third-order valence-electron chi connectivity index (χ3n) is 3.13. The Labute approximate surface area is 141 Å². The van der Waals surface area contributed by atoms with Crippen LogP contribution in [0.1, 0.15) is 12.5 Å². The lowest BCUT2D eigenvalue weighted by Crippen LogP contribution is -2.64. The van der Waals surface area contributed by atoms with Crippen molar-refractivity contribution in [3.05, 3.63) is 27.1 Å². The molecule has 1 aliphatic rings. The number of hydrogen-bond acceptors (Lipinski definition) is 5. The number of β-lactam (4-membered cyclic amide) rings is 1. The van der Waals surface area contributed by atoms with Crippen molar-refractivity contribution in [2.24, 2.45) is 0 Å². The Bertz CT molecular complexity index is 667. The standard InChI is InChI=1S/C13H13ClN2O4S2/c1-6(14)11(13(19)20)16-3-8(12(16)18)15-10(17)2-7-4-22-5-9(7)21/h4-5,8,21H,2-3H2,1H3,(H,15,17)(H,19,20). The molecule has 6 nitrogen and oxygen atoms in total. The van der Waals surface area contributed by atoms with E-state index in [1.165, 1.54) is 18.3 Å². The van der Waals surface area contributed by atoms with E-state index in [1.807, 2.05) is 10.8 Å². The molecule has 2 N–H and O–H groups in total. The summed E-state index contributed by atoms with van der Waals surface area (Å²) in [5, 5.41) is 15.3. The number of thiophene rings is 1. The lowest BCUT2D eigenvalue weighted by molar-refractivity contribution is -0.148. The normalized spacial score (nSPS) is 18.6. The van der Waals surface area contributed by atoms with Crippen LogP contribution in [0.15, 0.2) is 26.4 Å². The zero-order chi connectivity index (χ0) is 16.4. The van der Waals surface area contributed by atoms with Gasteiger partial charge in [0.15, 0.2) is 0 Å². The SMILES string of the molecule is CC(Cl)=C(C(=O)O)N1CC(NC(=O)Cc2cscc2S)C1=O. The lowest BCUT2D eigenvalue weighted by atomic mass is 10.1. The zero-order valence-corrected chi connectivity index (χ0v) is 14.0. The Hall–Kier alpha value is -1.51. The molecule has 0 bridgehead atoms. The maximum Gasteiger partial charge on any atom is 0.353 e. The molecule has 1 atom stereocenters. The van der Waals surface area contributed by atoms with Crippen molar-refractivity contribution in [2.75, 3.05) is 6.54 Å². The van der Waals surface area contributed by atoms with Crippen LogP contribution in [-0.2, 0) is 20.8 Å². The summed E-state index contributed by atoms with van der Waals surface area (Å²) in [4.78, 5) is 36.7. The molecule has 2 rings (SSSR count). The number of halogens is 1. The quantitative estimate of drug-likeness (QED) is 0.421. The number of carbonyl (C=O) groups is 3. The summed E-state index contributed by atoms with van der Waals surface area (Å²) in [6, 6.07) is -0.722. The molecule has 1 aliphatic heterocycles. The van der Waals surface area contributed by atoms with Crippen molar-refractivity contribution >= 4 is 53.4 Å². The van der Waals surface area contributed by atoms with Gasteiger partial charge >= 0.3 is 5.97 Å². The van der Waals surface area contributed by atoms with Gasteiger partial charge in [-0.1, -0.05) is 11.6 Å². The number of allylic oxidation sites excluding steroid dienone is 1. The highest BCUT2D eigenvalue weighted by Crippen LogP contribution is 2.23. The molecule has 2 amide bonds. The Morgan fingerprint density at radius 3 is 2.68 bits per heavy atom. The minimum Gasteiger partial charge on any atom is -0.477 e. The molecular formula is C13H13ClN2O4S2. The van der Waals surface area contributed by atoms with Crippen LogP contribution in [0.25, 0.3) is 0 Å². The van der Waals surface area contributed by atoms with E-state index < -0.39 is 17.9 Å². The van der Waals surface area contributed by atoms with Gasteiger partial charge in [-0.15, -0.1) is 12.6 Å². The fraction of sp³-hybridized carbons (Fsp3) is 0.308. The van der Waals surface area contributed by atoms with E-state index in [0.29, 0.717) is 0 Å². The monoisotopic (exact) mass is 360 g/mol.